The summed E-state index contributed by atoms with van der Waals surface area (Å²) in [4.78, 5) is 11.1. The second-order valence-corrected chi connectivity index (χ2v) is 5.57. The summed E-state index contributed by atoms with van der Waals surface area (Å²) in [6.07, 6.45) is 1.01. The zero-order valence-electron chi connectivity index (χ0n) is 13.7. The standard InChI is InChI=1S/C15H28N4O/c1-11(10-16-7-8-20-6)9-14-12(2)17-15(19(4)5)18-13(14)3/h11,16H,7-10H2,1-6H3. The quantitative estimate of drug-likeness (QED) is 0.733. The van der Waals surface area contributed by atoms with Crippen molar-refractivity contribution in [2.75, 3.05) is 45.8 Å². The summed E-state index contributed by atoms with van der Waals surface area (Å²) in [5.41, 5.74) is 3.45. The number of methoxy groups -OCH3 is 1. The summed E-state index contributed by atoms with van der Waals surface area (Å²) >= 11 is 0. The van der Waals surface area contributed by atoms with Gasteiger partial charge in [0.15, 0.2) is 0 Å². The number of ether oxygens (including phenoxy) is 1. The minimum atomic E-state index is 0.554. The Morgan fingerprint density at radius 1 is 1.20 bits per heavy atom. The molecule has 1 rings (SSSR count). The SMILES string of the molecule is COCCNCC(C)Cc1c(C)nc(N(C)C)nc1C. The van der Waals surface area contributed by atoms with E-state index >= 15 is 0 Å². The molecule has 0 saturated heterocycles. The summed E-state index contributed by atoms with van der Waals surface area (Å²) < 4.78 is 5.03. The molecular formula is C15H28N4O. The number of hydrogen-bond acceptors (Lipinski definition) is 5. The second kappa shape index (κ2) is 8.17. The average Bonchev–Trinajstić information content (AvgIpc) is 2.38. The fourth-order valence-electron chi connectivity index (χ4n) is 2.16. The van der Waals surface area contributed by atoms with Gasteiger partial charge >= 0.3 is 0 Å². The lowest BCUT2D eigenvalue weighted by Gasteiger charge is -2.18. The van der Waals surface area contributed by atoms with Crippen molar-refractivity contribution in [3.63, 3.8) is 0 Å². The smallest absolute Gasteiger partial charge is 0.225 e. The molecule has 1 aromatic rings. The Morgan fingerprint density at radius 2 is 1.80 bits per heavy atom. The fraction of sp³-hybridized carbons (Fsp3) is 0.733. The Kier molecular flexibility index (Phi) is 6.88. The van der Waals surface area contributed by atoms with E-state index in [4.69, 9.17) is 4.74 Å². The molecule has 0 aromatic carbocycles. The van der Waals surface area contributed by atoms with Gasteiger partial charge in [-0.3, -0.25) is 0 Å². The van der Waals surface area contributed by atoms with E-state index in [1.165, 1.54) is 5.56 Å². The largest absolute Gasteiger partial charge is 0.383 e. The molecule has 1 heterocycles. The van der Waals surface area contributed by atoms with Crippen molar-refractivity contribution in [2.45, 2.75) is 27.2 Å². The van der Waals surface area contributed by atoms with Crippen LogP contribution in [0.15, 0.2) is 0 Å². The molecule has 0 radical (unpaired) electrons. The van der Waals surface area contributed by atoms with Crippen molar-refractivity contribution in [2.24, 2.45) is 5.92 Å². The molecule has 1 atom stereocenters. The third kappa shape index (κ3) is 5.06. The first-order valence-electron chi connectivity index (χ1n) is 7.16. The summed E-state index contributed by atoms with van der Waals surface area (Å²) in [6, 6.07) is 0. The molecular weight excluding hydrogens is 252 g/mol. The third-order valence-electron chi connectivity index (χ3n) is 3.34. The van der Waals surface area contributed by atoms with E-state index in [1.54, 1.807) is 7.11 Å². The van der Waals surface area contributed by atoms with E-state index in [2.05, 4.69) is 36.1 Å². The summed E-state index contributed by atoms with van der Waals surface area (Å²) in [6.45, 7) is 9.03. The van der Waals surface area contributed by atoms with Gasteiger partial charge in [0.05, 0.1) is 6.61 Å². The maximum Gasteiger partial charge on any atom is 0.225 e. The maximum absolute atomic E-state index is 5.03. The van der Waals surface area contributed by atoms with Crippen LogP contribution in [0.25, 0.3) is 0 Å². The molecule has 5 nitrogen and oxygen atoms in total. The van der Waals surface area contributed by atoms with Crippen molar-refractivity contribution in [3.05, 3.63) is 17.0 Å². The Bertz CT molecular complexity index is 397. The molecule has 1 N–H and O–H groups in total. The first-order chi connectivity index (χ1) is 9.45. The minimum Gasteiger partial charge on any atom is -0.383 e. The van der Waals surface area contributed by atoms with Crippen LogP contribution >= 0.6 is 0 Å². The number of hydrogen-bond donors (Lipinski definition) is 1. The van der Waals surface area contributed by atoms with E-state index in [0.717, 1.165) is 43.5 Å². The first kappa shape index (κ1) is 16.9. The Morgan fingerprint density at radius 3 is 2.30 bits per heavy atom. The normalized spacial score (nSPS) is 12.5. The molecule has 0 bridgehead atoms. The molecule has 1 unspecified atom stereocenters. The second-order valence-electron chi connectivity index (χ2n) is 5.57. The van der Waals surface area contributed by atoms with Crippen LogP contribution in [0.5, 0.6) is 0 Å². The molecule has 0 aliphatic heterocycles. The van der Waals surface area contributed by atoms with Crippen molar-refractivity contribution >= 4 is 5.95 Å². The predicted octanol–water partition coefficient (Wildman–Crippen LogP) is 1.57. The van der Waals surface area contributed by atoms with Crippen LogP contribution < -0.4 is 10.2 Å². The van der Waals surface area contributed by atoms with Gasteiger partial charge in [-0.1, -0.05) is 6.92 Å². The lowest BCUT2D eigenvalue weighted by molar-refractivity contribution is 0.198. The van der Waals surface area contributed by atoms with Crippen LogP contribution in [0, 0.1) is 19.8 Å². The number of nitrogens with zero attached hydrogens (tertiary/aromatic N) is 3. The van der Waals surface area contributed by atoms with Crippen molar-refractivity contribution in [3.8, 4) is 0 Å². The van der Waals surface area contributed by atoms with Crippen LogP contribution in [0.4, 0.5) is 5.95 Å². The van der Waals surface area contributed by atoms with E-state index in [0.29, 0.717) is 5.92 Å². The molecule has 0 amide bonds. The van der Waals surface area contributed by atoms with Gasteiger partial charge in [-0.25, -0.2) is 9.97 Å². The van der Waals surface area contributed by atoms with Gasteiger partial charge in [0, 0.05) is 39.1 Å². The number of anilines is 1. The van der Waals surface area contributed by atoms with E-state index in [1.807, 2.05) is 19.0 Å². The molecule has 0 spiro atoms. The number of rotatable bonds is 8. The van der Waals surface area contributed by atoms with Crippen LogP contribution in [0.1, 0.15) is 23.9 Å². The molecule has 0 fully saturated rings. The third-order valence-corrected chi connectivity index (χ3v) is 3.34. The zero-order valence-corrected chi connectivity index (χ0v) is 13.7. The molecule has 5 heteroatoms. The number of aryl methyl sites for hydroxylation is 2. The lowest BCUT2D eigenvalue weighted by Crippen LogP contribution is -2.26. The van der Waals surface area contributed by atoms with E-state index in [9.17, 15) is 0 Å². The Balaban J connectivity index is 2.63. The zero-order chi connectivity index (χ0) is 15.1. The van der Waals surface area contributed by atoms with Gasteiger partial charge in [0.25, 0.3) is 0 Å². The lowest BCUT2D eigenvalue weighted by atomic mass is 9.99. The average molecular weight is 280 g/mol. The first-order valence-corrected chi connectivity index (χ1v) is 7.16. The predicted molar refractivity (Wildman–Crippen MR) is 83.4 cm³/mol. The van der Waals surface area contributed by atoms with Crippen LogP contribution in [0.3, 0.4) is 0 Å². The van der Waals surface area contributed by atoms with Gasteiger partial charge in [0.2, 0.25) is 5.95 Å². The monoisotopic (exact) mass is 280 g/mol. The fourth-order valence-corrected chi connectivity index (χ4v) is 2.16. The highest BCUT2D eigenvalue weighted by Crippen LogP contribution is 2.17. The van der Waals surface area contributed by atoms with Gasteiger partial charge in [-0.2, -0.15) is 0 Å². The highest BCUT2D eigenvalue weighted by molar-refractivity contribution is 5.35. The van der Waals surface area contributed by atoms with Crippen molar-refractivity contribution in [1.29, 1.82) is 0 Å². The minimum absolute atomic E-state index is 0.554. The van der Waals surface area contributed by atoms with Crippen molar-refractivity contribution in [1.82, 2.24) is 15.3 Å². The molecule has 0 aliphatic rings. The summed E-state index contributed by atoms with van der Waals surface area (Å²) in [5, 5.41) is 3.40. The molecule has 20 heavy (non-hydrogen) atoms. The topological polar surface area (TPSA) is 50.3 Å². The number of nitrogens with one attached hydrogen (secondary N) is 1. The highest BCUT2D eigenvalue weighted by Gasteiger charge is 2.12. The van der Waals surface area contributed by atoms with Crippen LogP contribution in [-0.2, 0) is 11.2 Å². The van der Waals surface area contributed by atoms with E-state index < -0.39 is 0 Å². The van der Waals surface area contributed by atoms with Gasteiger partial charge in [0.1, 0.15) is 0 Å². The summed E-state index contributed by atoms with van der Waals surface area (Å²) in [5.74, 6) is 1.34. The van der Waals surface area contributed by atoms with Crippen LogP contribution in [0.2, 0.25) is 0 Å². The maximum atomic E-state index is 5.03. The van der Waals surface area contributed by atoms with Crippen molar-refractivity contribution < 1.29 is 4.74 Å². The summed E-state index contributed by atoms with van der Waals surface area (Å²) in [7, 11) is 5.66. The highest BCUT2D eigenvalue weighted by atomic mass is 16.5. The molecule has 1 aromatic heterocycles. The van der Waals surface area contributed by atoms with Crippen LogP contribution in [-0.4, -0.2) is 50.9 Å². The number of aromatic nitrogens is 2. The van der Waals surface area contributed by atoms with Gasteiger partial charge in [-0.15, -0.1) is 0 Å². The Labute approximate surface area is 122 Å². The molecule has 0 aliphatic carbocycles. The molecule has 114 valence electrons. The van der Waals surface area contributed by atoms with E-state index in [-0.39, 0.29) is 0 Å². The molecule has 0 saturated carbocycles. The van der Waals surface area contributed by atoms with Gasteiger partial charge < -0.3 is 15.0 Å². The Hall–Kier alpha value is -1.20. The van der Waals surface area contributed by atoms with Gasteiger partial charge in [-0.05, 0) is 38.3 Å².